The minimum absolute atomic E-state index is 0.0898. The summed E-state index contributed by atoms with van der Waals surface area (Å²) in [6, 6.07) is 14.9. The van der Waals surface area contributed by atoms with Gasteiger partial charge in [0.1, 0.15) is 5.75 Å². The molecule has 192 valence electrons. The van der Waals surface area contributed by atoms with E-state index < -0.39 is 10.0 Å². The third-order valence-corrected chi connectivity index (χ3v) is 7.73. The lowest BCUT2D eigenvalue weighted by Gasteiger charge is -2.39. The summed E-state index contributed by atoms with van der Waals surface area (Å²) >= 11 is 1.34. The Bertz CT molecular complexity index is 1310. The summed E-state index contributed by atoms with van der Waals surface area (Å²) in [4.78, 5) is 15.2. The molecule has 0 aliphatic carbocycles. The predicted molar refractivity (Wildman–Crippen MR) is 142 cm³/mol. The second-order valence-electron chi connectivity index (χ2n) is 8.98. The van der Waals surface area contributed by atoms with E-state index >= 15 is 0 Å². The minimum atomic E-state index is -3.38. The van der Waals surface area contributed by atoms with Crippen molar-refractivity contribution in [3.05, 3.63) is 48.5 Å². The van der Waals surface area contributed by atoms with Crippen LogP contribution < -0.4 is 9.46 Å². The van der Waals surface area contributed by atoms with Gasteiger partial charge in [-0.1, -0.05) is 23.9 Å². The van der Waals surface area contributed by atoms with Crippen LogP contribution in [0, 0.1) is 0 Å². The number of benzene rings is 2. The molecule has 2 heterocycles. The van der Waals surface area contributed by atoms with Crippen molar-refractivity contribution in [1.82, 2.24) is 19.7 Å². The van der Waals surface area contributed by atoms with Gasteiger partial charge in [-0.15, -0.1) is 10.2 Å². The highest BCUT2D eigenvalue weighted by Gasteiger charge is 2.29. The Hall–Kier alpha value is -3.05. The van der Waals surface area contributed by atoms with Crippen LogP contribution in [0.25, 0.3) is 17.1 Å². The Morgan fingerprint density at radius 2 is 1.75 bits per heavy atom. The summed E-state index contributed by atoms with van der Waals surface area (Å²) < 4.78 is 33.1. The number of thioether (sulfide) groups is 1. The van der Waals surface area contributed by atoms with Gasteiger partial charge in [-0.25, -0.2) is 8.42 Å². The molecule has 0 bridgehead atoms. The van der Waals surface area contributed by atoms with E-state index in [1.54, 1.807) is 31.4 Å². The van der Waals surface area contributed by atoms with E-state index in [0.29, 0.717) is 22.4 Å². The average Bonchev–Trinajstić information content (AvgIpc) is 3.25. The summed E-state index contributed by atoms with van der Waals surface area (Å²) in [5.74, 6) is 1.53. The van der Waals surface area contributed by atoms with E-state index in [2.05, 4.69) is 28.8 Å². The lowest BCUT2D eigenvalue weighted by Crippen LogP contribution is -2.48. The molecule has 4 rings (SSSR count). The standard InChI is InChI=1S/C25H31N5O4S2/c1-17-8-7-9-18(2)29(17)23(31)16-35-25-27-26-24(30(25)21-10-5-6-11-22(21)34-3)19-12-14-20(15-13-19)28-36(4,32)33/h5-6,10-15,17-18,28H,7-9,16H2,1-4H3/t17-,18+. The Labute approximate surface area is 216 Å². The fourth-order valence-corrected chi connectivity index (χ4v) is 5.98. The zero-order valence-electron chi connectivity index (χ0n) is 20.8. The summed E-state index contributed by atoms with van der Waals surface area (Å²) in [5, 5.41) is 9.42. The first-order valence-corrected chi connectivity index (χ1v) is 14.7. The number of aromatic nitrogens is 3. The fourth-order valence-electron chi connectivity index (χ4n) is 4.60. The van der Waals surface area contributed by atoms with Crippen molar-refractivity contribution < 1.29 is 17.9 Å². The number of methoxy groups -OCH3 is 1. The fraction of sp³-hybridized carbons (Fsp3) is 0.400. The minimum Gasteiger partial charge on any atom is -0.495 e. The van der Waals surface area contributed by atoms with Gasteiger partial charge in [0, 0.05) is 23.3 Å². The number of carbonyl (C=O) groups excluding carboxylic acids is 1. The van der Waals surface area contributed by atoms with E-state index in [0.717, 1.165) is 36.8 Å². The lowest BCUT2D eigenvalue weighted by molar-refractivity contribution is -0.134. The van der Waals surface area contributed by atoms with Crippen molar-refractivity contribution in [1.29, 1.82) is 0 Å². The molecule has 11 heteroatoms. The number of nitrogens with one attached hydrogen (secondary N) is 1. The van der Waals surface area contributed by atoms with Crippen LogP contribution in [0.15, 0.2) is 53.7 Å². The quantitative estimate of drug-likeness (QED) is 0.436. The molecular weight excluding hydrogens is 498 g/mol. The zero-order valence-corrected chi connectivity index (χ0v) is 22.5. The third kappa shape index (κ3) is 5.84. The number of hydrogen-bond acceptors (Lipinski definition) is 7. The maximum absolute atomic E-state index is 13.2. The van der Waals surface area contributed by atoms with Crippen molar-refractivity contribution in [2.45, 2.75) is 50.4 Å². The van der Waals surface area contributed by atoms with Crippen LogP contribution in [0.3, 0.4) is 0 Å². The summed E-state index contributed by atoms with van der Waals surface area (Å²) in [5.41, 5.74) is 1.94. The van der Waals surface area contributed by atoms with Crippen LogP contribution >= 0.6 is 11.8 Å². The smallest absolute Gasteiger partial charge is 0.233 e. The summed E-state index contributed by atoms with van der Waals surface area (Å²) in [6.45, 7) is 4.21. The molecule has 1 saturated heterocycles. The van der Waals surface area contributed by atoms with Gasteiger partial charge in [0.25, 0.3) is 0 Å². The van der Waals surface area contributed by atoms with Crippen LogP contribution in [0.1, 0.15) is 33.1 Å². The number of para-hydroxylation sites is 2. The van der Waals surface area contributed by atoms with Crippen LogP contribution in [-0.2, 0) is 14.8 Å². The topological polar surface area (TPSA) is 106 Å². The third-order valence-electron chi connectivity index (χ3n) is 6.21. The molecule has 9 nitrogen and oxygen atoms in total. The molecule has 0 saturated carbocycles. The number of amides is 1. The van der Waals surface area contributed by atoms with E-state index in [-0.39, 0.29) is 23.7 Å². The number of ether oxygens (including phenoxy) is 1. The second kappa shape index (κ2) is 10.9. The number of carbonyl (C=O) groups is 1. The second-order valence-corrected chi connectivity index (χ2v) is 11.7. The maximum atomic E-state index is 13.2. The molecule has 1 aliphatic rings. The molecular formula is C25H31N5O4S2. The lowest BCUT2D eigenvalue weighted by atomic mass is 9.98. The van der Waals surface area contributed by atoms with Gasteiger partial charge in [-0.2, -0.15) is 0 Å². The molecule has 2 atom stereocenters. The van der Waals surface area contributed by atoms with Crippen molar-refractivity contribution in [2.75, 3.05) is 23.8 Å². The molecule has 2 aromatic carbocycles. The summed E-state index contributed by atoms with van der Waals surface area (Å²) in [6.07, 6.45) is 4.29. The van der Waals surface area contributed by atoms with E-state index in [1.165, 1.54) is 11.8 Å². The van der Waals surface area contributed by atoms with E-state index in [9.17, 15) is 13.2 Å². The highest BCUT2D eigenvalue weighted by atomic mass is 32.2. The summed E-state index contributed by atoms with van der Waals surface area (Å²) in [7, 11) is -1.78. The van der Waals surface area contributed by atoms with Crippen LogP contribution in [0.4, 0.5) is 5.69 Å². The molecule has 1 fully saturated rings. The molecule has 0 spiro atoms. The van der Waals surface area contributed by atoms with Crippen molar-refractivity contribution in [3.63, 3.8) is 0 Å². The molecule has 1 N–H and O–H groups in total. The van der Waals surface area contributed by atoms with Crippen molar-refractivity contribution in [3.8, 4) is 22.8 Å². The highest BCUT2D eigenvalue weighted by molar-refractivity contribution is 7.99. The first kappa shape index (κ1) is 26.0. The van der Waals surface area contributed by atoms with Crippen molar-refractivity contribution in [2.24, 2.45) is 0 Å². The number of rotatable bonds is 8. The normalized spacial score (nSPS) is 18.2. The number of sulfonamides is 1. The molecule has 36 heavy (non-hydrogen) atoms. The predicted octanol–water partition coefficient (Wildman–Crippen LogP) is 4.20. The highest BCUT2D eigenvalue weighted by Crippen LogP contribution is 2.33. The number of anilines is 1. The maximum Gasteiger partial charge on any atom is 0.233 e. The van der Waals surface area contributed by atoms with Gasteiger partial charge in [-0.3, -0.25) is 14.1 Å². The van der Waals surface area contributed by atoms with Gasteiger partial charge >= 0.3 is 0 Å². The number of piperidine rings is 1. The number of likely N-dealkylation sites (tertiary alicyclic amines) is 1. The van der Waals surface area contributed by atoms with Crippen LogP contribution in [-0.4, -0.2) is 65.2 Å². The SMILES string of the molecule is COc1ccccc1-n1c(SCC(=O)N2[C@H](C)CCC[C@@H]2C)nnc1-c1ccc(NS(C)(=O)=O)cc1. The Morgan fingerprint density at radius 1 is 1.08 bits per heavy atom. The first-order valence-electron chi connectivity index (χ1n) is 11.8. The van der Waals surface area contributed by atoms with E-state index in [1.807, 2.05) is 33.7 Å². The van der Waals surface area contributed by atoms with Crippen molar-refractivity contribution >= 4 is 33.4 Å². The van der Waals surface area contributed by atoms with E-state index in [4.69, 9.17) is 4.74 Å². The Morgan fingerprint density at radius 3 is 2.39 bits per heavy atom. The molecule has 0 unspecified atom stereocenters. The Balaban J connectivity index is 1.67. The molecule has 1 aliphatic heterocycles. The van der Waals surface area contributed by atoms with Gasteiger partial charge in [0.2, 0.25) is 15.9 Å². The zero-order chi connectivity index (χ0) is 25.9. The Kier molecular flexibility index (Phi) is 7.89. The van der Waals surface area contributed by atoms with Crippen LogP contribution in [0.5, 0.6) is 5.75 Å². The largest absolute Gasteiger partial charge is 0.495 e. The molecule has 1 aromatic heterocycles. The molecule has 3 aromatic rings. The monoisotopic (exact) mass is 529 g/mol. The van der Waals surface area contributed by atoms with Gasteiger partial charge in [0.15, 0.2) is 11.0 Å². The molecule has 0 radical (unpaired) electrons. The average molecular weight is 530 g/mol. The van der Waals surface area contributed by atoms with Gasteiger partial charge in [0.05, 0.1) is 24.8 Å². The molecule has 1 amide bonds. The van der Waals surface area contributed by atoms with Gasteiger partial charge < -0.3 is 9.64 Å². The number of hydrogen-bond donors (Lipinski definition) is 1. The number of nitrogens with zero attached hydrogens (tertiary/aromatic N) is 4. The first-order chi connectivity index (χ1) is 17.2. The van der Waals surface area contributed by atoms with Crippen LogP contribution in [0.2, 0.25) is 0 Å². The van der Waals surface area contributed by atoms with Gasteiger partial charge in [-0.05, 0) is 69.5 Å².